The van der Waals surface area contributed by atoms with E-state index in [-0.39, 0.29) is 6.10 Å². The van der Waals surface area contributed by atoms with E-state index < -0.39 is 0 Å². The number of nitrogens with one attached hydrogen (secondary N) is 1. The van der Waals surface area contributed by atoms with Crippen molar-refractivity contribution in [2.24, 2.45) is 0 Å². The molecule has 98 valence electrons. The molecular weight excluding hydrogens is 246 g/mol. The average Bonchev–Trinajstić information content (AvgIpc) is 2.94. The van der Waals surface area contributed by atoms with Gasteiger partial charge in [-0.15, -0.1) is 0 Å². The van der Waals surface area contributed by atoms with Gasteiger partial charge >= 0.3 is 0 Å². The molecule has 0 spiro atoms. The molecule has 0 aromatic carbocycles. The van der Waals surface area contributed by atoms with E-state index in [0.717, 1.165) is 38.5 Å². The highest BCUT2D eigenvalue weighted by molar-refractivity contribution is 7.99. The second kappa shape index (κ2) is 5.80. The first-order valence-corrected chi connectivity index (χ1v) is 7.73. The van der Waals surface area contributed by atoms with Crippen molar-refractivity contribution in [2.45, 2.75) is 12.5 Å². The molecule has 0 saturated carbocycles. The monoisotopic (exact) mass is 265 g/mol. The van der Waals surface area contributed by atoms with Gasteiger partial charge in [0.15, 0.2) is 0 Å². The lowest BCUT2D eigenvalue weighted by Gasteiger charge is -2.28. The van der Waals surface area contributed by atoms with Gasteiger partial charge in [-0.3, -0.25) is 0 Å². The van der Waals surface area contributed by atoms with Crippen LogP contribution in [-0.4, -0.2) is 48.8 Å². The second-order valence-corrected chi connectivity index (χ2v) is 5.91. The van der Waals surface area contributed by atoms with Crippen molar-refractivity contribution < 1.29 is 4.74 Å². The van der Waals surface area contributed by atoms with E-state index in [1.165, 1.54) is 17.2 Å². The van der Waals surface area contributed by atoms with Crippen molar-refractivity contribution in [3.63, 3.8) is 0 Å². The topological polar surface area (TPSA) is 37.4 Å². The van der Waals surface area contributed by atoms with E-state index in [0.29, 0.717) is 0 Å². The van der Waals surface area contributed by atoms with E-state index in [2.05, 4.69) is 21.3 Å². The lowest BCUT2D eigenvalue weighted by Crippen LogP contribution is -2.32. The molecule has 2 aliphatic rings. The SMILES string of the molecule is c1cc(OC2CCNC2)ncc1N1CCSCC1. The van der Waals surface area contributed by atoms with Crippen LogP contribution in [0.1, 0.15) is 6.42 Å². The van der Waals surface area contributed by atoms with E-state index in [9.17, 15) is 0 Å². The molecule has 0 amide bonds. The van der Waals surface area contributed by atoms with Gasteiger partial charge < -0.3 is 15.0 Å². The van der Waals surface area contributed by atoms with Crippen molar-refractivity contribution in [1.29, 1.82) is 0 Å². The number of anilines is 1. The maximum Gasteiger partial charge on any atom is 0.213 e. The van der Waals surface area contributed by atoms with Crippen molar-refractivity contribution in [3.8, 4) is 5.88 Å². The Kier molecular flexibility index (Phi) is 3.90. The zero-order valence-electron chi connectivity index (χ0n) is 10.5. The fourth-order valence-electron chi connectivity index (χ4n) is 2.35. The predicted octanol–water partition coefficient (Wildman–Crippen LogP) is 1.38. The van der Waals surface area contributed by atoms with Gasteiger partial charge in [0.2, 0.25) is 5.88 Å². The van der Waals surface area contributed by atoms with E-state index in [1.807, 2.05) is 24.0 Å². The van der Waals surface area contributed by atoms with E-state index >= 15 is 0 Å². The molecule has 4 nitrogen and oxygen atoms in total. The largest absolute Gasteiger partial charge is 0.473 e. The van der Waals surface area contributed by atoms with Crippen LogP contribution in [0.4, 0.5) is 5.69 Å². The third-order valence-electron chi connectivity index (χ3n) is 3.40. The van der Waals surface area contributed by atoms with E-state index in [4.69, 9.17) is 4.74 Å². The van der Waals surface area contributed by atoms with Crippen molar-refractivity contribution in [2.75, 3.05) is 42.6 Å². The summed E-state index contributed by atoms with van der Waals surface area (Å²) in [6.07, 6.45) is 3.30. The van der Waals surface area contributed by atoms with Crippen LogP contribution in [0.2, 0.25) is 0 Å². The summed E-state index contributed by atoms with van der Waals surface area (Å²) in [5, 5.41) is 3.29. The van der Waals surface area contributed by atoms with Crippen LogP contribution in [0.25, 0.3) is 0 Å². The maximum atomic E-state index is 5.82. The van der Waals surface area contributed by atoms with Gasteiger partial charge in [-0.05, 0) is 19.0 Å². The van der Waals surface area contributed by atoms with Gasteiger partial charge in [-0.25, -0.2) is 4.98 Å². The smallest absolute Gasteiger partial charge is 0.213 e. The molecule has 2 saturated heterocycles. The quantitative estimate of drug-likeness (QED) is 0.893. The normalized spacial score (nSPS) is 24.2. The summed E-state index contributed by atoms with van der Waals surface area (Å²) < 4.78 is 5.82. The van der Waals surface area contributed by atoms with Crippen LogP contribution >= 0.6 is 11.8 Å². The summed E-state index contributed by atoms with van der Waals surface area (Å²) in [6, 6.07) is 4.12. The molecule has 1 unspecified atom stereocenters. The minimum absolute atomic E-state index is 0.287. The zero-order valence-corrected chi connectivity index (χ0v) is 11.3. The Morgan fingerprint density at radius 2 is 2.22 bits per heavy atom. The van der Waals surface area contributed by atoms with Crippen molar-refractivity contribution in [1.82, 2.24) is 10.3 Å². The lowest BCUT2D eigenvalue weighted by atomic mass is 10.3. The molecule has 1 atom stereocenters. The highest BCUT2D eigenvalue weighted by atomic mass is 32.2. The van der Waals surface area contributed by atoms with Gasteiger partial charge in [0.05, 0.1) is 11.9 Å². The van der Waals surface area contributed by atoms with Gasteiger partial charge in [-0.2, -0.15) is 11.8 Å². The summed E-state index contributed by atoms with van der Waals surface area (Å²) in [7, 11) is 0. The molecule has 18 heavy (non-hydrogen) atoms. The van der Waals surface area contributed by atoms with Crippen LogP contribution in [0.5, 0.6) is 5.88 Å². The first kappa shape index (κ1) is 12.1. The first-order chi connectivity index (χ1) is 8.92. The molecule has 3 heterocycles. The summed E-state index contributed by atoms with van der Waals surface area (Å²) in [5.41, 5.74) is 1.21. The van der Waals surface area contributed by atoms with Gasteiger partial charge in [0.25, 0.3) is 0 Å². The minimum Gasteiger partial charge on any atom is -0.473 e. The van der Waals surface area contributed by atoms with Crippen LogP contribution in [0, 0.1) is 0 Å². The number of hydrogen-bond donors (Lipinski definition) is 1. The number of rotatable bonds is 3. The standard InChI is InChI=1S/C13H19N3OS/c1-2-13(17-12-3-4-14-10-12)15-9-11(1)16-5-7-18-8-6-16/h1-2,9,12,14H,3-8,10H2. The number of ether oxygens (including phenoxy) is 1. The number of hydrogen-bond acceptors (Lipinski definition) is 5. The summed E-state index contributed by atoms with van der Waals surface area (Å²) in [4.78, 5) is 6.81. The predicted molar refractivity (Wildman–Crippen MR) is 75.7 cm³/mol. The van der Waals surface area contributed by atoms with Crippen LogP contribution < -0.4 is 15.0 Å². The van der Waals surface area contributed by atoms with Gasteiger partial charge in [0, 0.05) is 37.2 Å². The highest BCUT2D eigenvalue weighted by Crippen LogP contribution is 2.21. The lowest BCUT2D eigenvalue weighted by molar-refractivity contribution is 0.214. The molecule has 2 aliphatic heterocycles. The molecule has 0 aliphatic carbocycles. The first-order valence-electron chi connectivity index (χ1n) is 6.58. The van der Waals surface area contributed by atoms with E-state index in [1.54, 1.807) is 0 Å². The summed E-state index contributed by atoms with van der Waals surface area (Å²) in [6.45, 7) is 4.24. The Morgan fingerprint density at radius 1 is 1.33 bits per heavy atom. The van der Waals surface area contributed by atoms with Gasteiger partial charge in [0.1, 0.15) is 6.10 Å². The number of thioether (sulfide) groups is 1. The molecule has 0 bridgehead atoms. The molecule has 0 radical (unpaired) electrons. The molecular formula is C13H19N3OS. The maximum absolute atomic E-state index is 5.82. The highest BCUT2D eigenvalue weighted by Gasteiger charge is 2.17. The number of pyridine rings is 1. The van der Waals surface area contributed by atoms with Crippen molar-refractivity contribution >= 4 is 17.4 Å². The Hall–Kier alpha value is -0.940. The fourth-order valence-corrected chi connectivity index (χ4v) is 3.25. The summed E-state index contributed by atoms with van der Waals surface area (Å²) in [5.74, 6) is 3.18. The third-order valence-corrected chi connectivity index (χ3v) is 4.34. The zero-order chi connectivity index (χ0) is 12.2. The molecule has 2 fully saturated rings. The Balaban J connectivity index is 1.60. The van der Waals surface area contributed by atoms with Gasteiger partial charge in [-0.1, -0.05) is 0 Å². The Labute approximate surface area is 112 Å². The number of nitrogens with zero attached hydrogens (tertiary/aromatic N) is 2. The van der Waals surface area contributed by atoms with Crippen LogP contribution in [0.3, 0.4) is 0 Å². The Bertz CT molecular complexity index is 372. The van der Waals surface area contributed by atoms with Crippen LogP contribution in [0.15, 0.2) is 18.3 Å². The summed E-state index contributed by atoms with van der Waals surface area (Å²) >= 11 is 2.02. The third kappa shape index (κ3) is 2.90. The Morgan fingerprint density at radius 3 is 2.89 bits per heavy atom. The molecule has 1 N–H and O–H groups in total. The molecule has 3 rings (SSSR count). The van der Waals surface area contributed by atoms with Crippen LogP contribution in [-0.2, 0) is 0 Å². The number of aromatic nitrogens is 1. The minimum atomic E-state index is 0.287. The second-order valence-electron chi connectivity index (χ2n) is 4.69. The fraction of sp³-hybridized carbons (Fsp3) is 0.615. The van der Waals surface area contributed by atoms with Crippen molar-refractivity contribution in [3.05, 3.63) is 18.3 Å². The molecule has 1 aromatic rings. The average molecular weight is 265 g/mol. The molecule has 5 heteroatoms. The molecule has 1 aromatic heterocycles.